The third kappa shape index (κ3) is 5.84. The van der Waals surface area contributed by atoms with Crippen LogP contribution in [0.2, 0.25) is 5.02 Å². The standard InChI is InChI=1S/C31H41ClN4O4/c1-7-10-22(38)16-40-23-11-12-25(32)24(15-23)28-33-27(26(19(3)4)21(6)37)20(5)29(34-28)36-17-31(8-2,18-36)30(39)35-13-9-14-35/h11-12,15,22,37-38H,3,7-10,13-14,16-18H2,1-2,4-6H3/b26-21+/t22-/m1/s1. The summed E-state index contributed by atoms with van der Waals surface area (Å²) in [6.45, 7) is 16.5. The highest BCUT2D eigenvalue weighted by molar-refractivity contribution is 6.33. The summed E-state index contributed by atoms with van der Waals surface area (Å²) in [7, 11) is 0. The van der Waals surface area contributed by atoms with Crippen molar-refractivity contribution in [3.63, 3.8) is 0 Å². The first-order valence-electron chi connectivity index (χ1n) is 14.1. The number of nitrogens with zero attached hydrogens (tertiary/aromatic N) is 4. The van der Waals surface area contributed by atoms with Gasteiger partial charge in [0.2, 0.25) is 5.91 Å². The van der Waals surface area contributed by atoms with Crippen molar-refractivity contribution in [2.75, 3.05) is 37.7 Å². The Labute approximate surface area is 242 Å². The van der Waals surface area contributed by atoms with E-state index in [-0.39, 0.29) is 18.3 Å². The fraction of sp³-hybridized carbons (Fsp3) is 0.516. The van der Waals surface area contributed by atoms with Crippen LogP contribution in [-0.4, -0.2) is 69.9 Å². The number of anilines is 1. The number of aliphatic hydroxyl groups is 2. The molecule has 3 heterocycles. The second-order valence-electron chi connectivity index (χ2n) is 11.1. The van der Waals surface area contributed by atoms with Gasteiger partial charge in [0.25, 0.3) is 0 Å². The maximum atomic E-state index is 13.3. The van der Waals surface area contributed by atoms with Gasteiger partial charge in [0.1, 0.15) is 18.2 Å². The number of aliphatic hydroxyl groups excluding tert-OH is 2. The van der Waals surface area contributed by atoms with Gasteiger partial charge in [-0.2, -0.15) is 0 Å². The van der Waals surface area contributed by atoms with E-state index in [1.807, 2.05) is 25.7 Å². The monoisotopic (exact) mass is 568 g/mol. The number of carbonyl (C=O) groups excluding carboxylic acids is 1. The first-order chi connectivity index (χ1) is 19.0. The molecule has 1 aromatic carbocycles. The zero-order chi connectivity index (χ0) is 29.2. The van der Waals surface area contributed by atoms with Gasteiger partial charge >= 0.3 is 0 Å². The van der Waals surface area contributed by atoms with Gasteiger partial charge in [0.15, 0.2) is 5.82 Å². The summed E-state index contributed by atoms with van der Waals surface area (Å²) in [5.74, 6) is 1.95. The van der Waals surface area contributed by atoms with Gasteiger partial charge in [-0.15, -0.1) is 0 Å². The number of likely N-dealkylation sites (tertiary alicyclic amines) is 1. The van der Waals surface area contributed by atoms with E-state index >= 15 is 0 Å². The molecule has 0 bridgehead atoms. The molecule has 2 N–H and O–H groups in total. The number of ether oxygens (including phenoxy) is 1. The van der Waals surface area contributed by atoms with Crippen LogP contribution in [0.4, 0.5) is 5.82 Å². The Morgan fingerprint density at radius 1 is 1.23 bits per heavy atom. The molecule has 40 heavy (non-hydrogen) atoms. The van der Waals surface area contributed by atoms with E-state index in [0.717, 1.165) is 37.9 Å². The summed E-state index contributed by atoms with van der Waals surface area (Å²) >= 11 is 6.66. The van der Waals surface area contributed by atoms with Crippen molar-refractivity contribution in [3.05, 3.63) is 52.4 Å². The summed E-state index contributed by atoms with van der Waals surface area (Å²) < 4.78 is 5.85. The molecule has 0 unspecified atom stereocenters. The minimum Gasteiger partial charge on any atom is -0.512 e. The number of benzene rings is 1. The molecule has 9 heteroatoms. The summed E-state index contributed by atoms with van der Waals surface area (Å²) in [6, 6.07) is 5.25. The number of halogens is 1. The molecule has 1 amide bonds. The summed E-state index contributed by atoms with van der Waals surface area (Å²) in [5.41, 5.74) is 2.72. The topological polar surface area (TPSA) is 99.0 Å². The molecule has 0 aliphatic carbocycles. The van der Waals surface area contributed by atoms with E-state index in [9.17, 15) is 15.0 Å². The summed E-state index contributed by atoms with van der Waals surface area (Å²) in [4.78, 5) is 27.2. The van der Waals surface area contributed by atoms with Crippen LogP contribution in [0.25, 0.3) is 17.0 Å². The van der Waals surface area contributed by atoms with Crippen molar-refractivity contribution in [1.29, 1.82) is 0 Å². The normalized spacial score (nSPS) is 17.5. The molecule has 2 aromatic rings. The minimum absolute atomic E-state index is 0.110. The predicted octanol–water partition coefficient (Wildman–Crippen LogP) is 5.96. The molecule has 216 valence electrons. The van der Waals surface area contributed by atoms with Crippen LogP contribution in [0, 0.1) is 12.3 Å². The van der Waals surface area contributed by atoms with Gasteiger partial charge < -0.3 is 24.7 Å². The van der Waals surface area contributed by atoms with Crippen LogP contribution in [0.5, 0.6) is 5.75 Å². The minimum atomic E-state index is -0.557. The van der Waals surface area contributed by atoms with Crippen molar-refractivity contribution in [2.24, 2.45) is 5.41 Å². The average molecular weight is 569 g/mol. The lowest BCUT2D eigenvalue weighted by atomic mass is 9.75. The van der Waals surface area contributed by atoms with Gasteiger partial charge in [-0.05, 0) is 63.8 Å². The predicted molar refractivity (Wildman–Crippen MR) is 160 cm³/mol. The highest BCUT2D eigenvalue weighted by atomic mass is 35.5. The first-order valence-corrected chi connectivity index (χ1v) is 14.5. The molecule has 2 aliphatic rings. The zero-order valence-corrected chi connectivity index (χ0v) is 25.0. The number of hydrogen-bond acceptors (Lipinski definition) is 7. The van der Waals surface area contributed by atoms with Gasteiger partial charge in [-0.1, -0.05) is 38.4 Å². The number of allylic oxidation sites excluding steroid dienone is 3. The zero-order valence-electron chi connectivity index (χ0n) is 24.3. The molecule has 2 aliphatic heterocycles. The van der Waals surface area contributed by atoms with E-state index < -0.39 is 11.5 Å². The third-order valence-corrected chi connectivity index (χ3v) is 8.28. The second-order valence-corrected chi connectivity index (χ2v) is 11.5. The van der Waals surface area contributed by atoms with Crippen LogP contribution in [0.15, 0.2) is 36.1 Å². The lowest BCUT2D eigenvalue weighted by Crippen LogP contribution is -2.65. The van der Waals surface area contributed by atoms with E-state index in [0.29, 0.717) is 64.3 Å². The van der Waals surface area contributed by atoms with E-state index in [4.69, 9.17) is 26.3 Å². The Kier molecular flexibility index (Phi) is 9.10. The first kappa shape index (κ1) is 29.9. The molecule has 4 rings (SSSR count). The smallest absolute Gasteiger partial charge is 0.232 e. The maximum absolute atomic E-state index is 13.3. The van der Waals surface area contributed by atoms with Crippen molar-refractivity contribution in [3.8, 4) is 17.1 Å². The number of amides is 1. The Balaban J connectivity index is 1.76. The van der Waals surface area contributed by atoms with Gasteiger partial charge in [-0.25, -0.2) is 9.97 Å². The molecule has 1 atom stereocenters. The quantitative estimate of drug-likeness (QED) is 0.255. The molecule has 8 nitrogen and oxygen atoms in total. The third-order valence-electron chi connectivity index (χ3n) is 7.95. The molecular formula is C31H41ClN4O4. The van der Waals surface area contributed by atoms with Crippen LogP contribution < -0.4 is 9.64 Å². The number of rotatable bonds is 11. The number of carbonyl (C=O) groups is 1. The number of aromatic nitrogens is 2. The molecule has 2 saturated heterocycles. The largest absolute Gasteiger partial charge is 0.512 e. The van der Waals surface area contributed by atoms with Gasteiger partial charge in [-0.3, -0.25) is 4.79 Å². The highest BCUT2D eigenvalue weighted by Gasteiger charge is 2.51. The molecule has 1 aromatic heterocycles. The van der Waals surface area contributed by atoms with E-state index in [2.05, 4.69) is 18.4 Å². The summed E-state index contributed by atoms with van der Waals surface area (Å²) in [5, 5.41) is 21.2. The van der Waals surface area contributed by atoms with Crippen LogP contribution in [0.1, 0.15) is 64.6 Å². The van der Waals surface area contributed by atoms with E-state index in [1.54, 1.807) is 25.1 Å². The van der Waals surface area contributed by atoms with Crippen LogP contribution in [0.3, 0.4) is 0 Å². The Morgan fingerprint density at radius 3 is 2.48 bits per heavy atom. The molecule has 0 radical (unpaired) electrons. The Morgan fingerprint density at radius 2 is 1.93 bits per heavy atom. The Bertz CT molecular complexity index is 1310. The summed E-state index contributed by atoms with van der Waals surface area (Å²) in [6.07, 6.45) is 2.77. The SMILES string of the molecule is C=C(C)/C(=C(/C)O)c1nc(-c2cc(OC[C@H](O)CCC)ccc2Cl)nc(N2CC(CC)(C(=O)N3CCC3)C2)c1C. The fourth-order valence-corrected chi connectivity index (χ4v) is 5.63. The molecule has 0 spiro atoms. The molecule has 0 saturated carbocycles. The van der Waals surface area contributed by atoms with Gasteiger partial charge in [0.05, 0.1) is 28.0 Å². The van der Waals surface area contributed by atoms with Crippen molar-refractivity contribution in [1.82, 2.24) is 14.9 Å². The van der Waals surface area contributed by atoms with Gasteiger partial charge in [0, 0.05) is 42.9 Å². The van der Waals surface area contributed by atoms with Crippen molar-refractivity contribution < 1.29 is 19.7 Å². The van der Waals surface area contributed by atoms with Crippen LogP contribution in [-0.2, 0) is 4.79 Å². The van der Waals surface area contributed by atoms with Crippen LogP contribution >= 0.6 is 11.6 Å². The van der Waals surface area contributed by atoms with E-state index in [1.165, 1.54) is 0 Å². The molecule has 2 fully saturated rings. The number of hydrogen-bond donors (Lipinski definition) is 2. The van der Waals surface area contributed by atoms with Crippen molar-refractivity contribution in [2.45, 2.75) is 66.4 Å². The Hall–Kier alpha value is -3.10. The highest BCUT2D eigenvalue weighted by Crippen LogP contribution is 2.43. The van der Waals surface area contributed by atoms with Crippen molar-refractivity contribution >= 4 is 28.9 Å². The lowest BCUT2D eigenvalue weighted by Gasteiger charge is -2.52. The lowest BCUT2D eigenvalue weighted by molar-refractivity contribution is -0.147. The second kappa shape index (κ2) is 12.2. The maximum Gasteiger partial charge on any atom is 0.232 e. The molecular weight excluding hydrogens is 528 g/mol. The average Bonchev–Trinajstić information content (AvgIpc) is 2.84. The fourth-order valence-electron chi connectivity index (χ4n) is 5.43.